The topological polar surface area (TPSA) is 74.8 Å². The van der Waals surface area contributed by atoms with Crippen molar-refractivity contribution in [2.75, 3.05) is 43.0 Å². The summed E-state index contributed by atoms with van der Waals surface area (Å²) >= 11 is 5.84. The van der Waals surface area contributed by atoms with Crippen LogP contribution in [-0.4, -0.2) is 54.5 Å². The lowest BCUT2D eigenvalue weighted by Gasteiger charge is -2.35. The van der Waals surface area contributed by atoms with Gasteiger partial charge in [-0.05, 0) is 42.0 Å². The molecule has 2 amide bonds. The van der Waals surface area contributed by atoms with E-state index in [-0.39, 0.29) is 18.4 Å². The molecule has 0 saturated carbocycles. The average Bonchev–Trinajstić information content (AvgIpc) is 2.85. The first-order valence-electron chi connectivity index (χ1n) is 10.8. The average molecular weight is 465 g/mol. The number of benzene rings is 2. The molecule has 0 bridgehead atoms. The van der Waals surface area contributed by atoms with Crippen molar-refractivity contribution in [1.82, 2.24) is 9.88 Å². The minimum Gasteiger partial charge on any atom is -0.484 e. The van der Waals surface area contributed by atoms with E-state index < -0.39 is 0 Å². The molecule has 0 aliphatic carbocycles. The zero-order valence-electron chi connectivity index (χ0n) is 18.1. The molecule has 8 heteroatoms. The van der Waals surface area contributed by atoms with Gasteiger partial charge in [-0.25, -0.2) is 4.98 Å². The van der Waals surface area contributed by atoms with E-state index in [0.717, 1.165) is 11.4 Å². The van der Waals surface area contributed by atoms with Crippen molar-refractivity contribution in [1.29, 1.82) is 0 Å². The number of carbonyl (C=O) groups is 2. The first-order valence-corrected chi connectivity index (χ1v) is 11.2. The van der Waals surface area contributed by atoms with Crippen LogP contribution in [0.25, 0.3) is 0 Å². The molecular formula is C25H25ClN4O3. The number of ether oxygens (including phenoxy) is 1. The molecule has 7 nitrogen and oxygen atoms in total. The molecule has 0 unspecified atom stereocenters. The van der Waals surface area contributed by atoms with E-state index in [1.165, 1.54) is 0 Å². The fraction of sp³-hybridized carbons (Fsp3) is 0.240. The number of rotatable bonds is 7. The number of anilines is 2. The quantitative estimate of drug-likeness (QED) is 0.577. The van der Waals surface area contributed by atoms with Crippen LogP contribution in [-0.2, 0) is 16.0 Å². The third-order valence-corrected chi connectivity index (χ3v) is 5.62. The highest BCUT2D eigenvalue weighted by Crippen LogP contribution is 2.18. The molecule has 1 N–H and O–H groups in total. The lowest BCUT2D eigenvalue weighted by Crippen LogP contribution is -2.49. The number of aromatic nitrogens is 1. The van der Waals surface area contributed by atoms with E-state index in [1.807, 2.05) is 47.4 Å². The highest BCUT2D eigenvalue weighted by atomic mass is 35.5. The van der Waals surface area contributed by atoms with Gasteiger partial charge in [0, 0.05) is 31.2 Å². The number of amides is 2. The zero-order chi connectivity index (χ0) is 23.0. The van der Waals surface area contributed by atoms with Crippen molar-refractivity contribution in [2.45, 2.75) is 6.42 Å². The second-order valence-electron chi connectivity index (χ2n) is 7.73. The molecule has 1 aliphatic rings. The third-order valence-electron chi connectivity index (χ3n) is 5.37. The Hall–Kier alpha value is -3.58. The molecule has 170 valence electrons. The number of nitrogens with zero attached hydrogens (tertiary/aromatic N) is 3. The number of piperazine rings is 1. The summed E-state index contributed by atoms with van der Waals surface area (Å²) < 4.78 is 5.45. The normalized spacial score (nSPS) is 13.5. The third kappa shape index (κ3) is 6.46. The first kappa shape index (κ1) is 22.6. The predicted molar refractivity (Wildman–Crippen MR) is 129 cm³/mol. The van der Waals surface area contributed by atoms with Crippen molar-refractivity contribution in [3.8, 4) is 5.75 Å². The molecule has 2 aromatic carbocycles. The van der Waals surface area contributed by atoms with Crippen LogP contribution in [0, 0.1) is 0 Å². The molecule has 2 heterocycles. The summed E-state index contributed by atoms with van der Waals surface area (Å²) in [4.78, 5) is 33.2. The Kier molecular flexibility index (Phi) is 7.42. The number of carbonyl (C=O) groups excluding carboxylic acids is 2. The molecule has 3 aromatic rings. The summed E-state index contributed by atoms with van der Waals surface area (Å²) in [5, 5.41) is 3.38. The fourth-order valence-electron chi connectivity index (χ4n) is 3.59. The van der Waals surface area contributed by atoms with Crippen molar-refractivity contribution in [2.24, 2.45) is 0 Å². The summed E-state index contributed by atoms with van der Waals surface area (Å²) in [6.45, 7) is 2.65. The van der Waals surface area contributed by atoms with E-state index in [9.17, 15) is 9.59 Å². The van der Waals surface area contributed by atoms with E-state index in [2.05, 4.69) is 15.2 Å². The van der Waals surface area contributed by atoms with Crippen LogP contribution in [0.1, 0.15) is 5.56 Å². The predicted octanol–water partition coefficient (Wildman–Crippen LogP) is 3.64. The summed E-state index contributed by atoms with van der Waals surface area (Å²) in [6, 6.07) is 20.3. The summed E-state index contributed by atoms with van der Waals surface area (Å²) in [5.41, 5.74) is 1.63. The SMILES string of the molecule is O=C(COc1ccc(Cl)cc1)Nc1ccc(N2CCN(C(=O)Cc3ccccc3)CC2)nc1. The Balaban J connectivity index is 1.22. The number of halogens is 1. The van der Waals surface area contributed by atoms with Crippen LogP contribution in [0.5, 0.6) is 5.75 Å². The molecule has 4 rings (SSSR count). The van der Waals surface area contributed by atoms with Gasteiger partial charge in [0.1, 0.15) is 11.6 Å². The maximum atomic E-state index is 12.6. The Bertz CT molecular complexity index is 1070. The van der Waals surface area contributed by atoms with Gasteiger partial charge in [-0.15, -0.1) is 0 Å². The molecule has 0 atom stereocenters. The van der Waals surface area contributed by atoms with Gasteiger partial charge in [0.15, 0.2) is 6.61 Å². The van der Waals surface area contributed by atoms with Gasteiger partial charge in [-0.3, -0.25) is 9.59 Å². The molecular weight excluding hydrogens is 440 g/mol. The number of pyridine rings is 1. The molecule has 1 saturated heterocycles. The standard InChI is InChI=1S/C25H25ClN4O3/c26-20-6-9-22(10-7-20)33-18-24(31)28-21-8-11-23(27-17-21)29-12-14-30(15-13-29)25(32)16-19-4-2-1-3-5-19/h1-11,17H,12-16,18H2,(H,28,31). The van der Waals surface area contributed by atoms with Gasteiger partial charge in [0.25, 0.3) is 5.91 Å². The second-order valence-corrected chi connectivity index (χ2v) is 8.16. The van der Waals surface area contributed by atoms with Crippen LogP contribution >= 0.6 is 11.6 Å². The smallest absolute Gasteiger partial charge is 0.262 e. The lowest BCUT2D eigenvalue weighted by atomic mass is 10.1. The molecule has 0 radical (unpaired) electrons. The Morgan fingerprint density at radius 2 is 1.67 bits per heavy atom. The second kappa shape index (κ2) is 10.8. The van der Waals surface area contributed by atoms with Crippen LogP contribution in [0.15, 0.2) is 72.9 Å². The zero-order valence-corrected chi connectivity index (χ0v) is 18.9. The first-order chi connectivity index (χ1) is 16.1. The summed E-state index contributed by atoms with van der Waals surface area (Å²) in [5.74, 6) is 1.27. The molecule has 1 aliphatic heterocycles. The van der Waals surface area contributed by atoms with Gasteiger partial charge < -0.3 is 19.9 Å². The molecule has 1 fully saturated rings. The number of hydrogen-bond donors (Lipinski definition) is 1. The van der Waals surface area contributed by atoms with Gasteiger partial charge in [-0.1, -0.05) is 41.9 Å². The van der Waals surface area contributed by atoms with Crippen LogP contribution in [0.3, 0.4) is 0 Å². The minimum atomic E-state index is -0.273. The van der Waals surface area contributed by atoms with Gasteiger partial charge in [-0.2, -0.15) is 0 Å². The van der Waals surface area contributed by atoms with Crippen molar-refractivity contribution >= 4 is 34.9 Å². The van der Waals surface area contributed by atoms with E-state index >= 15 is 0 Å². The Labute approximate surface area is 197 Å². The van der Waals surface area contributed by atoms with Crippen molar-refractivity contribution in [3.05, 3.63) is 83.5 Å². The van der Waals surface area contributed by atoms with Gasteiger partial charge in [0.05, 0.1) is 18.3 Å². The monoisotopic (exact) mass is 464 g/mol. The Morgan fingerprint density at radius 1 is 0.939 bits per heavy atom. The lowest BCUT2D eigenvalue weighted by molar-refractivity contribution is -0.130. The van der Waals surface area contributed by atoms with E-state index in [4.69, 9.17) is 16.3 Å². The van der Waals surface area contributed by atoms with E-state index in [0.29, 0.717) is 49.1 Å². The molecule has 33 heavy (non-hydrogen) atoms. The summed E-state index contributed by atoms with van der Waals surface area (Å²) in [6.07, 6.45) is 2.05. The largest absolute Gasteiger partial charge is 0.484 e. The van der Waals surface area contributed by atoms with Crippen molar-refractivity contribution in [3.63, 3.8) is 0 Å². The number of nitrogens with one attached hydrogen (secondary N) is 1. The van der Waals surface area contributed by atoms with Crippen LogP contribution in [0.4, 0.5) is 11.5 Å². The number of hydrogen-bond acceptors (Lipinski definition) is 5. The van der Waals surface area contributed by atoms with Crippen molar-refractivity contribution < 1.29 is 14.3 Å². The van der Waals surface area contributed by atoms with E-state index in [1.54, 1.807) is 30.5 Å². The Morgan fingerprint density at radius 3 is 2.33 bits per heavy atom. The summed E-state index contributed by atoms with van der Waals surface area (Å²) in [7, 11) is 0. The molecule has 1 aromatic heterocycles. The highest BCUT2D eigenvalue weighted by molar-refractivity contribution is 6.30. The fourth-order valence-corrected chi connectivity index (χ4v) is 3.72. The molecule has 0 spiro atoms. The minimum absolute atomic E-state index is 0.109. The van der Waals surface area contributed by atoms with Gasteiger partial charge >= 0.3 is 0 Å². The maximum Gasteiger partial charge on any atom is 0.262 e. The van der Waals surface area contributed by atoms with Crippen LogP contribution in [0.2, 0.25) is 5.02 Å². The van der Waals surface area contributed by atoms with Crippen LogP contribution < -0.4 is 15.0 Å². The highest BCUT2D eigenvalue weighted by Gasteiger charge is 2.22. The van der Waals surface area contributed by atoms with Gasteiger partial charge in [0.2, 0.25) is 5.91 Å². The maximum absolute atomic E-state index is 12.6.